The molecule has 574 valence electrons. The highest BCUT2D eigenvalue weighted by Crippen LogP contribution is 2.76. The molecule has 0 bridgehead atoms. The Morgan fingerprint density at radius 2 is 1.08 bits per heavy atom. The van der Waals surface area contributed by atoms with Gasteiger partial charge >= 0.3 is 11.9 Å². The van der Waals surface area contributed by atoms with Crippen LogP contribution in [-0.2, 0) is 80.6 Å². The first kappa shape index (κ1) is 78.6. The molecular formula is C67H108O33. The van der Waals surface area contributed by atoms with Crippen molar-refractivity contribution in [2.75, 3.05) is 46.8 Å². The van der Waals surface area contributed by atoms with E-state index in [1.165, 1.54) is 19.6 Å². The molecule has 7 heterocycles. The second-order valence-electron chi connectivity index (χ2n) is 31.2. The summed E-state index contributed by atoms with van der Waals surface area (Å²) in [4.78, 5) is 27.1. The fourth-order valence-corrected chi connectivity index (χ4v) is 19.3. The van der Waals surface area contributed by atoms with Gasteiger partial charge in [0.2, 0.25) is 0 Å². The van der Waals surface area contributed by atoms with Crippen molar-refractivity contribution in [3.8, 4) is 0 Å². The molecule has 100 heavy (non-hydrogen) atoms. The summed E-state index contributed by atoms with van der Waals surface area (Å²) in [5, 5.41) is 177. The summed E-state index contributed by atoms with van der Waals surface area (Å²) in [7, 11) is 1.18. The number of methoxy groups -OCH3 is 1. The molecule has 16 N–H and O–H groups in total. The highest BCUT2D eigenvalue weighted by atomic mass is 16.8. The number of carbonyl (C=O) groups is 2. The third kappa shape index (κ3) is 13.9. The van der Waals surface area contributed by atoms with E-state index in [-0.39, 0.29) is 41.0 Å². The van der Waals surface area contributed by atoms with Crippen LogP contribution in [0.1, 0.15) is 113 Å². The zero-order chi connectivity index (χ0) is 72.8. The number of hydrogen-bond donors (Lipinski definition) is 16. The van der Waals surface area contributed by atoms with Crippen LogP contribution in [0.5, 0.6) is 0 Å². The summed E-state index contributed by atoms with van der Waals surface area (Å²) in [5.41, 5.74) is -1.95. The lowest BCUT2D eigenvalue weighted by Gasteiger charge is -2.64. The standard InChI is InChI=1S/C67H108O33/c1-26(2)18-28(89-27(3)72)19-66(8)38-13-16-65(7)30-10-11-37-63(4,5)39(14-15-64(37,6)29(30)12-17-67(38,65)62(85)100-66)95-61-55(43(77)36(25-88-61)94-59-50(84)54(42(76)34(22-70)91-59)98-57-46(80)44(78)40(74)32(20-68)90-57)99-58-47(81)45(79)52(35(23-71)93-58)97-56-48(82)51(31(73)24-87-56)96-60-49(83)53(86-9)41(75)33(21-69)92-60/h10,26,28-29,31-61,68-71,73-84H,11-25H2,1-9H3/t28?,29?,31-,32-,33-,34-,35-,36-,37+,38-,39+,40-,41-,42-,43+,44+,45-,46-,47-,48-,49-,50-,51+,52-,53+,54+,55-,56+,57-,58-,59-,60+,61+,64-,65+,66+,67?/m1/s1. The van der Waals surface area contributed by atoms with Crippen molar-refractivity contribution in [1.29, 1.82) is 0 Å². The highest BCUT2D eigenvalue weighted by Gasteiger charge is 2.77. The smallest absolute Gasteiger partial charge is 0.313 e. The number of fused-ring (bicyclic) bond motifs is 4. The fraction of sp³-hybridized carbons (Fsp3) is 0.940. The molecule has 7 aliphatic heterocycles. The van der Waals surface area contributed by atoms with E-state index in [2.05, 4.69) is 47.6 Å². The summed E-state index contributed by atoms with van der Waals surface area (Å²) in [5.74, 6) is -0.460. The number of allylic oxidation sites excluding steroid dienone is 2. The van der Waals surface area contributed by atoms with Gasteiger partial charge in [-0.25, -0.2) is 0 Å². The lowest BCUT2D eigenvalue weighted by Crippen LogP contribution is -2.67. The predicted molar refractivity (Wildman–Crippen MR) is 332 cm³/mol. The van der Waals surface area contributed by atoms with Crippen LogP contribution in [0, 0.1) is 45.3 Å². The molecule has 37 atom stereocenters. The Morgan fingerprint density at radius 3 is 1.70 bits per heavy atom. The molecule has 33 heteroatoms. The van der Waals surface area contributed by atoms with Gasteiger partial charge in [0, 0.05) is 31.8 Å². The van der Waals surface area contributed by atoms with Crippen LogP contribution in [0.4, 0.5) is 0 Å². The molecule has 0 aromatic carbocycles. The normalized spacial score (nSPS) is 51.3. The van der Waals surface area contributed by atoms with Crippen LogP contribution in [0.2, 0.25) is 0 Å². The zero-order valence-electron chi connectivity index (χ0n) is 57.9. The van der Waals surface area contributed by atoms with E-state index in [9.17, 15) is 91.3 Å². The van der Waals surface area contributed by atoms with Crippen molar-refractivity contribution in [1.82, 2.24) is 0 Å². The van der Waals surface area contributed by atoms with Gasteiger partial charge in [-0.05, 0) is 86.9 Å². The van der Waals surface area contributed by atoms with Crippen molar-refractivity contribution in [3.05, 3.63) is 11.6 Å². The molecule has 0 aromatic rings. The molecule has 11 aliphatic rings. The lowest BCUT2D eigenvalue weighted by atomic mass is 9.41. The quantitative estimate of drug-likeness (QED) is 0.0359. The van der Waals surface area contributed by atoms with Gasteiger partial charge in [-0.15, -0.1) is 0 Å². The van der Waals surface area contributed by atoms with Crippen LogP contribution in [0.3, 0.4) is 0 Å². The van der Waals surface area contributed by atoms with Gasteiger partial charge < -0.3 is 153 Å². The maximum absolute atomic E-state index is 14.8. The number of aliphatic hydroxyl groups excluding tert-OH is 16. The summed E-state index contributed by atoms with van der Waals surface area (Å²) in [6, 6.07) is 0. The average molecular weight is 1440 g/mol. The minimum absolute atomic E-state index is 0.0500. The molecule has 1 spiro atoms. The Kier molecular flexibility index (Phi) is 24.1. The number of hydrogen-bond acceptors (Lipinski definition) is 33. The molecule has 0 aromatic heterocycles. The van der Waals surface area contributed by atoms with Crippen LogP contribution < -0.4 is 0 Å². The maximum atomic E-state index is 14.8. The topological polar surface area (TPSA) is 496 Å². The lowest BCUT2D eigenvalue weighted by molar-refractivity contribution is -0.396. The fourth-order valence-electron chi connectivity index (χ4n) is 19.3. The average Bonchev–Trinajstić information content (AvgIpc) is 1.46. The van der Waals surface area contributed by atoms with Crippen LogP contribution in [0.25, 0.3) is 0 Å². The van der Waals surface area contributed by atoms with Gasteiger partial charge in [0.15, 0.2) is 37.7 Å². The molecule has 33 nitrogen and oxygen atoms in total. The van der Waals surface area contributed by atoms with E-state index in [4.69, 9.17) is 71.1 Å². The number of cyclic esters (lactones) is 1. The number of carbonyl (C=O) groups excluding carboxylic acids is 2. The van der Waals surface area contributed by atoms with Crippen molar-refractivity contribution in [2.45, 2.75) is 303 Å². The highest BCUT2D eigenvalue weighted by molar-refractivity contribution is 5.83. The molecule has 3 unspecified atom stereocenters. The second-order valence-corrected chi connectivity index (χ2v) is 31.2. The van der Waals surface area contributed by atoms with Crippen LogP contribution in [-0.4, -0.2) is 330 Å². The molecule has 0 radical (unpaired) electrons. The number of aliphatic hydroxyl groups is 16. The summed E-state index contributed by atoms with van der Waals surface area (Å²) in [6.07, 6.45) is -42.8. The number of ether oxygens (including phenoxy) is 15. The van der Waals surface area contributed by atoms with E-state index in [0.717, 1.165) is 12.8 Å². The Labute approximate surface area is 579 Å². The molecule has 7 saturated heterocycles. The monoisotopic (exact) mass is 1440 g/mol. The van der Waals surface area contributed by atoms with E-state index in [0.29, 0.717) is 44.9 Å². The van der Waals surface area contributed by atoms with Crippen molar-refractivity contribution < 1.29 is 162 Å². The first-order valence-corrected chi connectivity index (χ1v) is 35.2. The van der Waals surface area contributed by atoms with E-state index >= 15 is 0 Å². The van der Waals surface area contributed by atoms with Gasteiger partial charge in [-0.3, -0.25) is 9.59 Å². The minimum Gasteiger partial charge on any atom is -0.462 e. The minimum atomic E-state index is -2.14. The van der Waals surface area contributed by atoms with Gasteiger partial charge in [0.1, 0.15) is 146 Å². The molecule has 11 rings (SSSR count). The summed E-state index contributed by atoms with van der Waals surface area (Å²) >= 11 is 0. The van der Waals surface area contributed by atoms with Gasteiger partial charge in [0.05, 0.1) is 51.2 Å². The van der Waals surface area contributed by atoms with Gasteiger partial charge in [-0.1, -0.05) is 53.2 Å². The molecule has 0 amide bonds. The molecular weight excluding hydrogens is 1330 g/mol. The van der Waals surface area contributed by atoms with Crippen LogP contribution >= 0.6 is 0 Å². The molecule has 3 saturated carbocycles. The third-order valence-electron chi connectivity index (χ3n) is 24.5. The first-order valence-electron chi connectivity index (χ1n) is 35.2. The van der Waals surface area contributed by atoms with E-state index < -0.39 is 246 Å². The Bertz CT molecular complexity index is 2800. The van der Waals surface area contributed by atoms with Crippen molar-refractivity contribution in [3.63, 3.8) is 0 Å². The van der Waals surface area contributed by atoms with E-state index in [1.54, 1.807) is 0 Å². The number of esters is 2. The summed E-state index contributed by atoms with van der Waals surface area (Å²) < 4.78 is 90.0. The van der Waals surface area contributed by atoms with Gasteiger partial charge in [-0.2, -0.15) is 0 Å². The Hall–Kier alpha value is -2.48. The Morgan fingerprint density at radius 1 is 0.540 bits per heavy atom. The molecule has 4 aliphatic carbocycles. The largest absolute Gasteiger partial charge is 0.462 e. The van der Waals surface area contributed by atoms with Gasteiger partial charge in [0.25, 0.3) is 0 Å². The third-order valence-corrected chi connectivity index (χ3v) is 24.5. The Balaban J connectivity index is 0.834. The predicted octanol–water partition coefficient (Wildman–Crippen LogP) is -4.51. The number of rotatable bonds is 22. The second kappa shape index (κ2) is 30.6. The van der Waals surface area contributed by atoms with E-state index in [1.807, 2.05) is 6.92 Å². The molecule has 10 fully saturated rings. The first-order chi connectivity index (χ1) is 47.2. The van der Waals surface area contributed by atoms with Crippen molar-refractivity contribution >= 4 is 11.9 Å². The van der Waals surface area contributed by atoms with Crippen LogP contribution in [0.15, 0.2) is 11.6 Å². The zero-order valence-corrected chi connectivity index (χ0v) is 57.9. The maximum Gasteiger partial charge on any atom is 0.313 e. The van der Waals surface area contributed by atoms with Crippen molar-refractivity contribution in [2.24, 2.45) is 45.3 Å². The summed E-state index contributed by atoms with van der Waals surface area (Å²) in [6.45, 7) is 11.6. The SMILES string of the molecule is CO[C@@H]1[C@@H](O)[C@H](O[C@@H]2[C@@H](O)[C@H](O[C@H]3[C@H](O)[C@@H](O)[C@@H](O[C@H]4[C@H](O[C@H]5CC[C@]6(C)C7CCC89C(=O)O[C@@](C)(CC(CC(C)C)OC(C)=O)[C@H]8CC[C@@]9(C)C7=CC[C@H]6C5(C)C)OC[C@@H](O[C@H]5O[C@H](CO)[C@@H](O)[C@H](O[C@H]6O[C@H](CO)[C@@H](O)[C@H](O)[C@H]6O)[C@H]5O)[C@@H]4O)O[C@@H]3CO)OC[C@H]2O)O[C@H](CO)[C@H]1O.